The number of aromatic nitrogens is 2. The molecule has 2 heterocycles. The van der Waals surface area contributed by atoms with E-state index in [4.69, 9.17) is 24.2 Å². The van der Waals surface area contributed by atoms with Gasteiger partial charge in [0.15, 0.2) is 0 Å². The van der Waals surface area contributed by atoms with Crippen molar-refractivity contribution in [3.8, 4) is 23.3 Å². The Morgan fingerprint density at radius 2 is 0.878 bits per heavy atom. The standard InChI is InChI=1S/C42H44N2O3Si2/c1-29-15-11-23-39(31(29)3)48-27-37(35-21-13-25-41(43-35)45-33-17-7-5-8-18-33)47-38(28-49-40-24-12-16-30(2)32(40)4)36-22-14-26-42(44-36)46-34-19-9-6-10-20-34/h5-26,37-38H,27-28,48-49H2,1-4H3. The smallest absolute Gasteiger partial charge is 0.219 e. The first kappa shape index (κ1) is 34.1. The molecule has 7 heteroatoms. The van der Waals surface area contributed by atoms with E-state index in [1.807, 2.05) is 84.9 Å². The SMILES string of the molecule is Cc1cccc([SiH2]CC(OC(C[SiH2]c2cccc(C)c2C)c2cccc(Oc3ccccc3)n2)c2cccc(Oc3ccccc3)n2)c1C. The van der Waals surface area contributed by atoms with Gasteiger partial charge in [-0.05, 0) is 98.4 Å². The Bertz CT molecular complexity index is 1830. The van der Waals surface area contributed by atoms with Crippen LogP contribution in [0.5, 0.6) is 23.3 Å². The zero-order valence-corrected chi connectivity index (χ0v) is 31.6. The van der Waals surface area contributed by atoms with E-state index in [1.165, 1.54) is 32.6 Å². The van der Waals surface area contributed by atoms with Crippen LogP contribution in [0.1, 0.15) is 45.8 Å². The number of hydrogen-bond donors (Lipinski definition) is 0. The largest absolute Gasteiger partial charge is 0.439 e. The van der Waals surface area contributed by atoms with Crippen LogP contribution >= 0.6 is 0 Å². The quantitative estimate of drug-likeness (QED) is 0.110. The number of pyridine rings is 2. The minimum atomic E-state index is -0.708. The third-order valence-corrected chi connectivity index (χ3v) is 13.4. The average Bonchev–Trinajstić information content (AvgIpc) is 3.12. The number of nitrogens with zero attached hydrogens (tertiary/aromatic N) is 2. The van der Waals surface area contributed by atoms with Crippen molar-refractivity contribution in [3.63, 3.8) is 0 Å². The maximum absolute atomic E-state index is 7.25. The predicted octanol–water partition coefficient (Wildman–Crippen LogP) is 7.92. The molecule has 248 valence electrons. The van der Waals surface area contributed by atoms with E-state index in [9.17, 15) is 0 Å². The van der Waals surface area contributed by atoms with Gasteiger partial charge in [-0.1, -0.05) is 95.3 Å². The second-order valence-electron chi connectivity index (χ2n) is 12.5. The zero-order valence-electron chi connectivity index (χ0n) is 28.8. The molecular weight excluding hydrogens is 637 g/mol. The highest BCUT2D eigenvalue weighted by Crippen LogP contribution is 2.33. The molecule has 0 aliphatic heterocycles. The highest BCUT2D eigenvalue weighted by molar-refractivity contribution is 6.54. The summed E-state index contributed by atoms with van der Waals surface area (Å²) in [6.07, 6.45) is -0.465. The van der Waals surface area contributed by atoms with Gasteiger partial charge in [-0.25, -0.2) is 9.97 Å². The summed E-state index contributed by atoms with van der Waals surface area (Å²) in [5.41, 5.74) is 7.18. The molecule has 2 aromatic heterocycles. The zero-order chi connectivity index (χ0) is 34.0. The molecule has 2 unspecified atom stereocenters. The highest BCUT2D eigenvalue weighted by Gasteiger charge is 2.24. The summed E-state index contributed by atoms with van der Waals surface area (Å²) >= 11 is 0. The summed E-state index contributed by atoms with van der Waals surface area (Å²) in [5.74, 6) is 2.63. The molecule has 2 atom stereocenters. The van der Waals surface area contributed by atoms with Crippen LogP contribution in [0.15, 0.2) is 133 Å². The fraction of sp³-hybridized carbons (Fsp3) is 0.190. The van der Waals surface area contributed by atoms with E-state index in [2.05, 4.69) is 76.2 Å². The molecule has 0 radical (unpaired) electrons. The summed E-state index contributed by atoms with van der Waals surface area (Å²) in [5, 5.41) is 2.92. The molecule has 0 saturated heterocycles. The van der Waals surface area contributed by atoms with Crippen LogP contribution in [0.2, 0.25) is 12.1 Å². The van der Waals surface area contributed by atoms with Crippen molar-refractivity contribution in [3.05, 3.63) is 167 Å². The van der Waals surface area contributed by atoms with Crippen molar-refractivity contribution < 1.29 is 14.2 Å². The van der Waals surface area contributed by atoms with Crippen LogP contribution in [-0.4, -0.2) is 29.0 Å². The summed E-state index contributed by atoms with van der Waals surface area (Å²) in [4.78, 5) is 10.1. The Kier molecular flexibility index (Phi) is 11.5. The first-order valence-electron chi connectivity index (χ1n) is 17.1. The lowest BCUT2D eigenvalue weighted by Crippen LogP contribution is -2.25. The second kappa shape index (κ2) is 16.5. The minimum absolute atomic E-state index is 0.232. The average molecular weight is 681 g/mol. The summed E-state index contributed by atoms with van der Waals surface area (Å²) in [6.45, 7) is 8.86. The second-order valence-corrected chi connectivity index (χ2v) is 16.2. The minimum Gasteiger partial charge on any atom is -0.439 e. The number of ether oxygens (including phenoxy) is 3. The molecule has 0 spiro atoms. The van der Waals surface area contributed by atoms with Gasteiger partial charge in [-0.2, -0.15) is 0 Å². The molecule has 5 nitrogen and oxygen atoms in total. The van der Waals surface area contributed by atoms with E-state index in [0.717, 1.165) is 35.0 Å². The van der Waals surface area contributed by atoms with E-state index in [0.29, 0.717) is 11.8 Å². The van der Waals surface area contributed by atoms with Gasteiger partial charge in [-0.3, -0.25) is 0 Å². The lowest BCUT2D eigenvalue weighted by Gasteiger charge is -2.26. The van der Waals surface area contributed by atoms with Gasteiger partial charge < -0.3 is 14.2 Å². The summed E-state index contributed by atoms with van der Waals surface area (Å²) in [7, 11) is -1.42. The van der Waals surface area contributed by atoms with E-state index < -0.39 is 19.0 Å². The van der Waals surface area contributed by atoms with Gasteiger partial charge >= 0.3 is 0 Å². The molecule has 6 aromatic rings. The highest BCUT2D eigenvalue weighted by atomic mass is 28.2. The van der Waals surface area contributed by atoms with Crippen molar-refractivity contribution in [1.82, 2.24) is 9.97 Å². The van der Waals surface area contributed by atoms with Crippen molar-refractivity contribution in [2.75, 3.05) is 0 Å². The van der Waals surface area contributed by atoms with Gasteiger partial charge in [0.05, 0.1) is 42.6 Å². The van der Waals surface area contributed by atoms with Crippen LogP contribution < -0.4 is 19.8 Å². The Morgan fingerprint density at radius 3 is 1.31 bits per heavy atom. The molecule has 0 bridgehead atoms. The molecule has 0 N–H and O–H groups in total. The Hall–Kier alpha value is -4.83. The molecule has 49 heavy (non-hydrogen) atoms. The topological polar surface area (TPSA) is 53.5 Å². The van der Waals surface area contributed by atoms with Gasteiger partial charge in [0, 0.05) is 12.1 Å². The maximum Gasteiger partial charge on any atom is 0.219 e. The maximum atomic E-state index is 7.25. The van der Waals surface area contributed by atoms with E-state index in [-0.39, 0.29) is 12.2 Å². The first-order valence-corrected chi connectivity index (χ1v) is 20.5. The van der Waals surface area contributed by atoms with Crippen LogP contribution in [0.3, 0.4) is 0 Å². The van der Waals surface area contributed by atoms with Crippen LogP contribution in [0, 0.1) is 27.7 Å². The van der Waals surface area contributed by atoms with Crippen LogP contribution in [-0.2, 0) is 4.74 Å². The van der Waals surface area contributed by atoms with Gasteiger partial charge in [0.2, 0.25) is 11.8 Å². The third kappa shape index (κ3) is 9.20. The molecule has 0 saturated carbocycles. The number of rotatable bonds is 14. The third-order valence-electron chi connectivity index (χ3n) is 9.20. The van der Waals surface area contributed by atoms with Crippen molar-refractivity contribution in [2.45, 2.75) is 52.0 Å². The number of benzene rings is 4. The van der Waals surface area contributed by atoms with Crippen molar-refractivity contribution >= 4 is 29.4 Å². The molecule has 6 rings (SSSR count). The van der Waals surface area contributed by atoms with Crippen LogP contribution in [0.25, 0.3) is 0 Å². The molecule has 0 fully saturated rings. The normalized spacial score (nSPS) is 12.8. The van der Waals surface area contributed by atoms with Gasteiger partial charge in [0.1, 0.15) is 11.5 Å². The number of hydrogen-bond acceptors (Lipinski definition) is 5. The van der Waals surface area contributed by atoms with Crippen LogP contribution in [0.4, 0.5) is 0 Å². The van der Waals surface area contributed by atoms with Crippen molar-refractivity contribution in [1.29, 1.82) is 0 Å². The monoisotopic (exact) mass is 680 g/mol. The summed E-state index contributed by atoms with van der Waals surface area (Å²) in [6, 6.07) is 46.7. The Labute approximate surface area is 295 Å². The van der Waals surface area contributed by atoms with Gasteiger partial charge in [0.25, 0.3) is 0 Å². The van der Waals surface area contributed by atoms with Crippen molar-refractivity contribution in [2.24, 2.45) is 0 Å². The van der Waals surface area contributed by atoms with E-state index >= 15 is 0 Å². The first-order chi connectivity index (χ1) is 23.9. The molecular formula is C42H44N2O3Si2. The molecule has 0 aliphatic rings. The Balaban J connectivity index is 1.34. The molecule has 0 aliphatic carbocycles. The molecule has 0 amide bonds. The lowest BCUT2D eigenvalue weighted by molar-refractivity contribution is 0.00129. The Morgan fingerprint density at radius 1 is 0.469 bits per heavy atom. The number of para-hydroxylation sites is 2. The lowest BCUT2D eigenvalue weighted by atomic mass is 10.1. The summed E-state index contributed by atoms with van der Waals surface area (Å²) < 4.78 is 19.6. The predicted molar refractivity (Wildman–Crippen MR) is 206 cm³/mol. The molecule has 4 aromatic carbocycles. The fourth-order valence-corrected chi connectivity index (χ4v) is 9.98. The van der Waals surface area contributed by atoms with Gasteiger partial charge in [-0.15, -0.1) is 0 Å². The van der Waals surface area contributed by atoms with E-state index in [1.54, 1.807) is 0 Å². The number of aryl methyl sites for hydroxylation is 2. The fourth-order valence-electron chi connectivity index (χ4n) is 6.06.